The number of rotatable bonds is 8. The van der Waals surface area contributed by atoms with Crippen molar-refractivity contribution in [2.45, 2.75) is 13.0 Å². The number of allylic oxidation sites excluding steroid dienone is 1. The predicted molar refractivity (Wildman–Crippen MR) is 132 cm³/mol. The van der Waals surface area contributed by atoms with Crippen LogP contribution < -0.4 is 10.6 Å². The van der Waals surface area contributed by atoms with Crippen molar-refractivity contribution in [2.75, 3.05) is 32.7 Å². The van der Waals surface area contributed by atoms with Gasteiger partial charge in [0.05, 0.1) is 18.2 Å². The number of carbonyl (C=O) groups excluding carboxylic acids is 2. The fourth-order valence-electron chi connectivity index (χ4n) is 3.32. The first-order valence-corrected chi connectivity index (χ1v) is 10.9. The molecule has 7 nitrogen and oxygen atoms in total. The number of benzene rings is 2. The van der Waals surface area contributed by atoms with E-state index in [0.29, 0.717) is 23.0 Å². The maximum atomic E-state index is 12.8. The van der Waals surface area contributed by atoms with Gasteiger partial charge in [0.15, 0.2) is 5.11 Å². The Labute approximate surface area is 199 Å². The Balaban J connectivity index is 1.74. The van der Waals surface area contributed by atoms with Crippen LogP contribution in [0.1, 0.15) is 24.1 Å². The van der Waals surface area contributed by atoms with Crippen molar-refractivity contribution in [3.63, 3.8) is 0 Å². The highest BCUT2D eigenvalue weighted by atomic mass is 32.1. The van der Waals surface area contributed by atoms with Crippen molar-refractivity contribution >= 4 is 41.0 Å². The number of nitrogens with one attached hydrogen (secondary N) is 2. The molecule has 8 heteroatoms. The highest BCUT2D eigenvalue weighted by molar-refractivity contribution is 7.80. The van der Waals surface area contributed by atoms with Crippen molar-refractivity contribution in [3.05, 3.63) is 83.1 Å². The van der Waals surface area contributed by atoms with E-state index in [9.17, 15) is 9.59 Å². The molecule has 0 fully saturated rings. The quantitative estimate of drug-likeness (QED) is 0.267. The largest absolute Gasteiger partial charge is 0.460 e. The van der Waals surface area contributed by atoms with E-state index >= 15 is 0 Å². The molecule has 2 aromatic carbocycles. The average molecular weight is 466 g/mol. The first-order valence-electron chi connectivity index (χ1n) is 10.5. The Morgan fingerprint density at radius 1 is 1.12 bits per heavy atom. The van der Waals surface area contributed by atoms with Crippen LogP contribution >= 0.6 is 12.2 Å². The van der Waals surface area contributed by atoms with Crippen LogP contribution in [0.2, 0.25) is 0 Å². The Morgan fingerprint density at radius 2 is 1.82 bits per heavy atom. The molecule has 0 aliphatic carbocycles. The van der Waals surface area contributed by atoms with Crippen LogP contribution in [0.4, 0.5) is 5.69 Å². The van der Waals surface area contributed by atoms with E-state index in [2.05, 4.69) is 10.6 Å². The van der Waals surface area contributed by atoms with Gasteiger partial charge in [-0.2, -0.15) is 0 Å². The number of hydrogen-bond donors (Lipinski definition) is 2. The van der Waals surface area contributed by atoms with Crippen LogP contribution in [0.15, 0.2) is 71.9 Å². The summed E-state index contributed by atoms with van der Waals surface area (Å²) in [5.74, 6) is -0.664. The summed E-state index contributed by atoms with van der Waals surface area (Å²) in [5, 5.41) is 6.55. The topological polar surface area (TPSA) is 79.9 Å². The lowest BCUT2D eigenvalue weighted by Gasteiger charge is -2.35. The zero-order valence-corrected chi connectivity index (χ0v) is 19.6. The zero-order valence-electron chi connectivity index (χ0n) is 18.8. The van der Waals surface area contributed by atoms with Gasteiger partial charge in [-0.1, -0.05) is 42.5 Å². The van der Waals surface area contributed by atoms with Gasteiger partial charge in [0.1, 0.15) is 6.61 Å². The van der Waals surface area contributed by atoms with Crippen LogP contribution in [-0.2, 0) is 19.1 Å². The molecule has 2 aromatic rings. The SMILES string of the molecule is COCCOC(=O)C1=C(C)N(C)C(=S)NC1c1ccc(NC(=O)/C=C/c2ccccc2)cc1. The molecule has 2 N–H and O–H groups in total. The summed E-state index contributed by atoms with van der Waals surface area (Å²) in [4.78, 5) is 26.8. The first-order chi connectivity index (χ1) is 15.9. The van der Waals surface area contributed by atoms with E-state index in [0.717, 1.165) is 16.8 Å². The van der Waals surface area contributed by atoms with Crippen molar-refractivity contribution < 1.29 is 19.1 Å². The van der Waals surface area contributed by atoms with Gasteiger partial charge in [0, 0.05) is 31.6 Å². The molecule has 0 saturated heterocycles. The number of esters is 1. The molecule has 0 bridgehead atoms. The monoisotopic (exact) mass is 465 g/mol. The molecule has 1 aliphatic heterocycles. The van der Waals surface area contributed by atoms with E-state index in [4.69, 9.17) is 21.7 Å². The lowest BCUT2D eigenvalue weighted by atomic mass is 9.95. The van der Waals surface area contributed by atoms with Crippen LogP contribution in [0.5, 0.6) is 0 Å². The molecule has 0 saturated carbocycles. The third-order valence-electron chi connectivity index (χ3n) is 5.23. The van der Waals surface area contributed by atoms with Crippen LogP contribution in [-0.4, -0.2) is 49.3 Å². The van der Waals surface area contributed by atoms with E-state index in [1.807, 2.05) is 49.4 Å². The summed E-state index contributed by atoms with van der Waals surface area (Å²) in [5.41, 5.74) is 3.60. The number of anilines is 1. The number of carbonyl (C=O) groups is 2. The highest BCUT2D eigenvalue weighted by Crippen LogP contribution is 2.31. The molecule has 33 heavy (non-hydrogen) atoms. The molecule has 172 valence electrons. The molecule has 1 unspecified atom stereocenters. The van der Waals surface area contributed by atoms with Gasteiger partial charge in [-0.3, -0.25) is 4.79 Å². The molecular weight excluding hydrogens is 438 g/mol. The maximum absolute atomic E-state index is 12.8. The van der Waals surface area contributed by atoms with E-state index in [1.54, 1.807) is 37.3 Å². The number of hydrogen-bond acceptors (Lipinski definition) is 5. The standard InChI is InChI=1S/C25H27N3O4S/c1-17-22(24(30)32-16-15-31-3)23(27-25(33)28(17)2)19-10-12-20(13-11-19)26-21(29)14-9-18-7-5-4-6-8-18/h4-14,23H,15-16H2,1-3H3,(H,26,29)(H,27,33)/b14-9+. The summed E-state index contributed by atoms with van der Waals surface area (Å²) >= 11 is 5.42. The smallest absolute Gasteiger partial charge is 0.338 e. The van der Waals surface area contributed by atoms with Crippen molar-refractivity contribution in [1.29, 1.82) is 0 Å². The highest BCUT2D eigenvalue weighted by Gasteiger charge is 2.33. The van der Waals surface area contributed by atoms with Crippen LogP contribution in [0.3, 0.4) is 0 Å². The maximum Gasteiger partial charge on any atom is 0.338 e. The third kappa shape index (κ3) is 6.27. The molecule has 1 heterocycles. The van der Waals surface area contributed by atoms with Crippen LogP contribution in [0, 0.1) is 0 Å². The lowest BCUT2D eigenvalue weighted by molar-refractivity contribution is -0.140. The van der Waals surface area contributed by atoms with Crippen molar-refractivity contribution in [2.24, 2.45) is 0 Å². The van der Waals surface area contributed by atoms with E-state index in [1.165, 1.54) is 6.08 Å². The molecule has 0 spiro atoms. The summed E-state index contributed by atoms with van der Waals surface area (Å²) < 4.78 is 10.3. The number of amides is 1. The predicted octanol–water partition coefficient (Wildman–Crippen LogP) is 3.66. The third-order valence-corrected chi connectivity index (χ3v) is 5.62. The van der Waals surface area contributed by atoms with Crippen molar-refractivity contribution in [3.8, 4) is 0 Å². The van der Waals surface area contributed by atoms with Gasteiger partial charge < -0.3 is 25.0 Å². The van der Waals surface area contributed by atoms with E-state index in [-0.39, 0.29) is 12.5 Å². The van der Waals surface area contributed by atoms with Gasteiger partial charge in [-0.05, 0) is 48.5 Å². The number of nitrogens with zero attached hydrogens (tertiary/aromatic N) is 1. The van der Waals surface area contributed by atoms with Gasteiger partial charge >= 0.3 is 5.97 Å². The van der Waals surface area contributed by atoms with Gasteiger partial charge in [-0.25, -0.2) is 4.79 Å². The molecule has 1 atom stereocenters. The Hall–Kier alpha value is -3.49. The summed E-state index contributed by atoms with van der Waals surface area (Å²) in [7, 11) is 3.35. The fraction of sp³-hybridized carbons (Fsp3) is 0.240. The second-order valence-corrected chi connectivity index (χ2v) is 7.81. The number of methoxy groups -OCH3 is 1. The molecule has 0 aromatic heterocycles. The second kappa shape index (κ2) is 11.4. The van der Waals surface area contributed by atoms with Gasteiger partial charge in [0.2, 0.25) is 5.91 Å². The summed E-state index contributed by atoms with van der Waals surface area (Å²) in [6.07, 6.45) is 3.24. The Bertz CT molecular complexity index is 1060. The average Bonchev–Trinajstić information content (AvgIpc) is 2.82. The normalized spacial score (nSPS) is 16.0. The minimum Gasteiger partial charge on any atom is -0.460 e. The first kappa shape index (κ1) is 24.2. The van der Waals surface area contributed by atoms with Gasteiger partial charge in [0.25, 0.3) is 0 Å². The number of ether oxygens (including phenoxy) is 2. The lowest BCUT2D eigenvalue weighted by Crippen LogP contribution is -2.46. The van der Waals surface area contributed by atoms with E-state index < -0.39 is 12.0 Å². The summed E-state index contributed by atoms with van der Waals surface area (Å²) in [6, 6.07) is 16.4. The van der Waals surface area contributed by atoms with Crippen LogP contribution in [0.25, 0.3) is 6.08 Å². The number of thiocarbonyl (C=S) groups is 1. The summed E-state index contributed by atoms with van der Waals surface area (Å²) in [6.45, 7) is 2.31. The molecule has 0 radical (unpaired) electrons. The molecule has 1 aliphatic rings. The fourth-order valence-corrected chi connectivity index (χ4v) is 3.58. The van der Waals surface area contributed by atoms with Crippen molar-refractivity contribution in [1.82, 2.24) is 10.2 Å². The minimum absolute atomic E-state index is 0.161. The Kier molecular flexibility index (Phi) is 8.34. The Morgan fingerprint density at radius 3 is 2.48 bits per heavy atom. The molecular formula is C25H27N3O4S. The molecule has 1 amide bonds. The zero-order chi connectivity index (χ0) is 23.8. The molecule has 3 rings (SSSR count). The minimum atomic E-state index is -0.466. The second-order valence-electron chi connectivity index (χ2n) is 7.42. The van der Waals surface area contributed by atoms with Gasteiger partial charge in [-0.15, -0.1) is 0 Å².